The summed E-state index contributed by atoms with van der Waals surface area (Å²) in [4.78, 5) is 22.2. The Morgan fingerprint density at radius 2 is 2.18 bits per heavy atom. The molecule has 0 aromatic rings. The molecule has 0 aliphatic heterocycles. The van der Waals surface area contributed by atoms with Crippen LogP contribution in [0.25, 0.3) is 0 Å². The summed E-state index contributed by atoms with van der Waals surface area (Å²) in [5, 5.41) is 2.79. The summed E-state index contributed by atoms with van der Waals surface area (Å²) in [6.07, 6.45) is 5.07. The van der Waals surface area contributed by atoms with E-state index in [-0.39, 0.29) is 11.9 Å². The maximum atomic E-state index is 11.2. The fraction of sp³-hybridized carbons (Fsp3) is 0.667. The molecule has 98 valence electrons. The minimum Gasteiger partial charge on any atom is -0.468 e. The van der Waals surface area contributed by atoms with Gasteiger partial charge in [-0.15, -0.1) is 6.58 Å². The first kappa shape index (κ1) is 15.6. The number of carbonyl (C=O) groups is 2. The van der Waals surface area contributed by atoms with E-state index in [4.69, 9.17) is 5.73 Å². The molecule has 1 amide bonds. The van der Waals surface area contributed by atoms with E-state index in [1.54, 1.807) is 6.08 Å². The summed E-state index contributed by atoms with van der Waals surface area (Å²) in [6, 6.07) is -0.559. The quantitative estimate of drug-likeness (QED) is 0.355. The number of hydrogen-bond acceptors (Lipinski definition) is 4. The van der Waals surface area contributed by atoms with Gasteiger partial charge in [0.1, 0.15) is 6.04 Å². The average Bonchev–Trinajstić information content (AvgIpc) is 2.34. The third kappa shape index (κ3) is 8.45. The summed E-state index contributed by atoms with van der Waals surface area (Å²) >= 11 is 0. The lowest BCUT2D eigenvalue weighted by Crippen LogP contribution is -2.31. The van der Waals surface area contributed by atoms with Crippen molar-refractivity contribution < 1.29 is 14.3 Å². The Bertz CT molecular complexity index is 254. The van der Waals surface area contributed by atoms with E-state index in [1.165, 1.54) is 7.11 Å². The second kappa shape index (κ2) is 9.84. The second-order valence-corrected chi connectivity index (χ2v) is 3.80. The van der Waals surface area contributed by atoms with E-state index in [0.717, 1.165) is 12.8 Å². The number of esters is 1. The lowest BCUT2D eigenvalue weighted by molar-refractivity contribution is -0.142. The average molecular weight is 242 g/mol. The van der Waals surface area contributed by atoms with Gasteiger partial charge in [-0.25, -0.2) is 0 Å². The highest BCUT2D eigenvalue weighted by Crippen LogP contribution is 2.00. The van der Waals surface area contributed by atoms with E-state index in [0.29, 0.717) is 25.8 Å². The van der Waals surface area contributed by atoms with Crippen LogP contribution in [0.2, 0.25) is 0 Å². The molecule has 0 heterocycles. The van der Waals surface area contributed by atoms with E-state index < -0.39 is 6.04 Å². The first-order valence-electron chi connectivity index (χ1n) is 5.82. The molecule has 17 heavy (non-hydrogen) atoms. The Balaban J connectivity index is 3.43. The molecule has 5 heteroatoms. The van der Waals surface area contributed by atoms with Crippen LogP contribution < -0.4 is 11.1 Å². The van der Waals surface area contributed by atoms with Crippen molar-refractivity contribution in [1.29, 1.82) is 0 Å². The van der Waals surface area contributed by atoms with Crippen LogP contribution >= 0.6 is 0 Å². The molecule has 0 aliphatic rings. The van der Waals surface area contributed by atoms with Crippen LogP contribution in [0.15, 0.2) is 12.7 Å². The van der Waals surface area contributed by atoms with Gasteiger partial charge in [0, 0.05) is 13.0 Å². The van der Waals surface area contributed by atoms with Crippen LogP contribution in [0, 0.1) is 0 Å². The first-order chi connectivity index (χ1) is 8.11. The Kier molecular flexibility index (Phi) is 9.05. The third-order valence-electron chi connectivity index (χ3n) is 2.34. The van der Waals surface area contributed by atoms with Crippen molar-refractivity contribution in [2.24, 2.45) is 5.73 Å². The monoisotopic (exact) mass is 242 g/mol. The van der Waals surface area contributed by atoms with Crippen molar-refractivity contribution in [1.82, 2.24) is 5.32 Å². The van der Waals surface area contributed by atoms with E-state index >= 15 is 0 Å². The number of unbranched alkanes of at least 4 members (excludes halogenated alkanes) is 1. The van der Waals surface area contributed by atoms with E-state index in [1.807, 2.05) is 0 Å². The maximum absolute atomic E-state index is 11.2. The number of methoxy groups -OCH3 is 1. The largest absolute Gasteiger partial charge is 0.468 e. The zero-order valence-corrected chi connectivity index (χ0v) is 10.4. The Hall–Kier alpha value is -1.36. The lowest BCUT2D eigenvalue weighted by Gasteiger charge is -2.09. The normalized spacial score (nSPS) is 11.6. The summed E-state index contributed by atoms with van der Waals surface area (Å²) in [5.41, 5.74) is 5.56. The van der Waals surface area contributed by atoms with Gasteiger partial charge in [-0.1, -0.05) is 6.08 Å². The van der Waals surface area contributed by atoms with Gasteiger partial charge in [0.05, 0.1) is 7.11 Å². The first-order valence-corrected chi connectivity index (χ1v) is 5.82. The van der Waals surface area contributed by atoms with Crippen LogP contribution in [-0.2, 0) is 14.3 Å². The van der Waals surface area contributed by atoms with E-state index in [2.05, 4.69) is 16.6 Å². The molecule has 0 aromatic heterocycles. The molecule has 3 N–H and O–H groups in total. The molecule has 0 fully saturated rings. The highest BCUT2D eigenvalue weighted by atomic mass is 16.5. The summed E-state index contributed by atoms with van der Waals surface area (Å²) in [7, 11) is 1.32. The Morgan fingerprint density at radius 1 is 1.47 bits per heavy atom. The number of rotatable bonds is 9. The predicted octanol–water partition coefficient (Wildman–Crippen LogP) is 0.739. The molecule has 0 aromatic carbocycles. The number of carbonyl (C=O) groups excluding carboxylic acids is 2. The molecule has 0 saturated heterocycles. The van der Waals surface area contributed by atoms with Crippen molar-refractivity contribution in [2.75, 3.05) is 13.7 Å². The predicted molar refractivity (Wildman–Crippen MR) is 66.3 cm³/mol. The van der Waals surface area contributed by atoms with Gasteiger partial charge in [0.15, 0.2) is 0 Å². The van der Waals surface area contributed by atoms with Crippen LogP contribution in [0.5, 0.6) is 0 Å². The molecule has 1 unspecified atom stereocenters. The topological polar surface area (TPSA) is 81.4 Å². The third-order valence-corrected chi connectivity index (χ3v) is 2.34. The molecule has 0 rings (SSSR count). The van der Waals surface area contributed by atoms with Gasteiger partial charge in [0.25, 0.3) is 0 Å². The molecule has 0 radical (unpaired) electrons. The zero-order chi connectivity index (χ0) is 13.1. The molecule has 0 spiro atoms. The van der Waals surface area contributed by atoms with Crippen molar-refractivity contribution in [3.05, 3.63) is 12.7 Å². The van der Waals surface area contributed by atoms with Crippen LogP contribution in [0.1, 0.15) is 32.1 Å². The van der Waals surface area contributed by atoms with E-state index in [9.17, 15) is 9.59 Å². The van der Waals surface area contributed by atoms with Gasteiger partial charge < -0.3 is 15.8 Å². The fourth-order valence-corrected chi connectivity index (χ4v) is 1.31. The lowest BCUT2D eigenvalue weighted by atomic mass is 10.1. The van der Waals surface area contributed by atoms with Gasteiger partial charge in [-0.2, -0.15) is 0 Å². The highest BCUT2D eigenvalue weighted by molar-refractivity contribution is 5.76. The summed E-state index contributed by atoms with van der Waals surface area (Å²) in [6.45, 7) is 4.16. The summed E-state index contributed by atoms with van der Waals surface area (Å²) < 4.78 is 4.51. The Morgan fingerprint density at radius 3 is 2.76 bits per heavy atom. The molecule has 0 saturated carbocycles. The molecule has 0 aliphatic carbocycles. The number of nitrogens with one attached hydrogen (secondary N) is 1. The number of ether oxygens (including phenoxy) is 1. The van der Waals surface area contributed by atoms with Gasteiger partial charge >= 0.3 is 5.97 Å². The van der Waals surface area contributed by atoms with Gasteiger partial charge in [0.2, 0.25) is 5.91 Å². The smallest absolute Gasteiger partial charge is 0.322 e. The highest BCUT2D eigenvalue weighted by Gasteiger charge is 2.12. The van der Waals surface area contributed by atoms with Crippen molar-refractivity contribution in [3.8, 4) is 0 Å². The van der Waals surface area contributed by atoms with Crippen LogP contribution in [0.4, 0.5) is 0 Å². The fourth-order valence-electron chi connectivity index (χ4n) is 1.31. The van der Waals surface area contributed by atoms with Crippen molar-refractivity contribution in [3.63, 3.8) is 0 Å². The molecular weight excluding hydrogens is 220 g/mol. The van der Waals surface area contributed by atoms with Crippen LogP contribution in [0.3, 0.4) is 0 Å². The Labute approximate surface area is 102 Å². The van der Waals surface area contributed by atoms with Gasteiger partial charge in [-0.3, -0.25) is 9.59 Å². The SMILES string of the molecule is C=CCCC(=O)NCCCCC(N)C(=O)OC. The molecule has 1 atom stereocenters. The molecular formula is C12H22N2O3. The van der Waals surface area contributed by atoms with Crippen molar-refractivity contribution in [2.45, 2.75) is 38.1 Å². The maximum Gasteiger partial charge on any atom is 0.322 e. The number of hydrogen-bond donors (Lipinski definition) is 2. The number of nitrogens with two attached hydrogens (primary N) is 1. The number of amides is 1. The molecule has 5 nitrogen and oxygen atoms in total. The minimum absolute atomic E-state index is 0.0298. The standard InChI is InChI=1S/C12H22N2O3/c1-3-4-8-11(15)14-9-6-5-7-10(13)12(16)17-2/h3,10H,1,4-9,13H2,2H3,(H,14,15). The van der Waals surface area contributed by atoms with Crippen molar-refractivity contribution >= 4 is 11.9 Å². The second-order valence-electron chi connectivity index (χ2n) is 3.80. The zero-order valence-electron chi connectivity index (χ0n) is 10.4. The number of allylic oxidation sites excluding steroid dienone is 1. The summed E-state index contributed by atoms with van der Waals surface area (Å²) in [5.74, 6) is -0.359. The van der Waals surface area contributed by atoms with Gasteiger partial charge in [-0.05, 0) is 25.7 Å². The van der Waals surface area contributed by atoms with Crippen LogP contribution in [-0.4, -0.2) is 31.6 Å². The molecule has 0 bridgehead atoms. The minimum atomic E-state index is -0.559.